The molecule has 5 heterocycles. The number of hydrazine groups is 1. The molecule has 7 rings (SSSR count). The molecule has 3 aromatic heterocycles. The molecular formula is C49H64N9O7SSi. The van der Waals surface area contributed by atoms with E-state index >= 15 is 0 Å². The van der Waals surface area contributed by atoms with Crippen LogP contribution in [0.2, 0.25) is 0 Å². The third-order valence-corrected chi connectivity index (χ3v) is 14.9. The van der Waals surface area contributed by atoms with Gasteiger partial charge >= 0.3 is 12.0 Å². The van der Waals surface area contributed by atoms with Crippen molar-refractivity contribution in [2.24, 2.45) is 11.3 Å². The number of esters is 1. The number of aryl methyl sites for hydroxylation is 1. The quantitative estimate of drug-likeness (QED) is 0.111. The van der Waals surface area contributed by atoms with Gasteiger partial charge in [0, 0.05) is 86.8 Å². The normalized spacial score (nSPS) is 22.6. The lowest BCUT2D eigenvalue weighted by Gasteiger charge is -2.41. The molecule has 6 atom stereocenters. The Kier molecular flexibility index (Phi) is 14.5. The van der Waals surface area contributed by atoms with Gasteiger partial charge in [0.1, 0.15) is 17.2 Å². The second-order valence-electron chi connectivity index (χ2n) is 19.3. The van der Waals surface area contributed by atoms with E-state index < -0.39 is 46.5 Å². The lowest BCUT2D eigenvalue weighted by molar-refractivity contribution is -0.158. The van der Waals surface area contributed by atoms with Crippen LogP contribution in [0.3, 0.4) is 0 Å². The van der Waals surface area contributed by atoms with E-state index in [4.69, 9.17) is 19.4 Å². The van der Waals surface area contributed by atoms with Crippen molar-refractivity contribution < 1.29 is 33.4 Å². The fourth-order valence-electron chi connectivity index (χ4n) is 9.62. The number of nitrogens with zero attached hydrogens (tertiary/aromatic N) is 7. The van der Waals surface area contributed by atoms with Gasteiger partial charge in [0.2, 0.25) is 11.8 Å². The summed E-state index contributed by atoms with van der Waals surface area (Å²) in [6.07, 6.45) is 4.76. The highest BCUT2D eigenvalue weighted by Crippen LogP contribution is 2.42. The van der Waals surface area contributed by atoms with Crippen LogP contribution < -0.4 is 10.7 Å². The van der Waals surface area contributed by atoms with Crippen LogP contribution in [-0.2, 0) is 48.0 Å². The van der Waals surface area contributed by atoms with Gasteiger partial charge < -0.3 is 34.1 Å². The molecule has 1 saturated heterocycles. The Morgan fingerprint density at radius 1 is 1.13 bits per heavy atom. The Morgan fingerprint density at radius 2 is 1.87 bits per heavy atom. The molecule has 4 aromatic rings. The van der Waals surface area contributed by atoms with Gasteiger partial charge in [0.15, 0.2) is 0 Å². The van der Waals surface area contributed by atoms with Crippen LogP contribution in [0.5, 0.6) is 0 Å². The van der Waals surface area contributed by atoms with Crippen molar-refractivity contribution in [2.75, 3.05) is 41.4 Å². The van der Waals surface area contributed by atoms with Crippen LogP contribution in [0.4, 0.5) is 4.79 Å². The van der Waals surface area contributed by atoms with Crippen molar-refractivity contribution in [3.63, 3.8) is 0 Å². The number of rotatable bonds is 11. The summed E-state index contributed by atoms with van der Waals surface area (Å²) < 4.78 is 14.3. The number of nitrogens with one attached hydrogen (secondary N) is 2. The molecule has 357 valence electrons. The Bertz CT molecular complexity index is 2560. The zero-order valence-corrected chi connectivity index (χ0v) is 42.2. The number of fused-ring (bicyclic) bond motifs is 6. The molecule has 3 aliphatic rings. The average Bonchev–Trinajstić information content (AvgIpc) is 3.88. The number of ether oxygens (including phenoxy) is 2. The van der Waals surface area contributed by atoms with Crippen molar-refractivity contribution in [1.29, 1.82) is 0 Å². The van der Waals surface area contributed by atoms with Crippen LogP contribution in [0, 0.1) is 11.3 Å². The molecule has 1 saturated carbocycles. The third kappa shape index (κ3) is 9.94. The van der Waals surface area contributed by atoms with Crippen LogP contribution in [0.15, 0.2) is 54.6 Å². The maximum Gasteiger partial charge on any atom is 0.323 e. The summed E-state index contributed by atoms with van der Waals surface area (Å²) in [5, 5.41) is 6.57. The first kappa shape index (κ1) is 49.5. The number of aromatic nitrogens is 3. The van der Waals surface area contributed by atoms with Gasteiger partial charge in [-0.2, -0.15) is 0 Å². The summed E-state index contributed by atoms with van der Waals surface area (Å²) in [6, 6.07) is 7.48. The number of pyridine rings is 1. The van der Waals surface area contributed by atoms with E-state index in [0.29, 0.717) is 37.2 Å². The standard InChI is InChI=1S/C49H64N9O7SSi/c1-12-40(59)54(8)37-24-38(37)55(9)47(63)56(10)42(28(3)4)44(60)52-34-23-39-51-35(26-66-39)30-17-18-36-32(22-30)33(43(57(36)13-2)31-16-14-20-50-41(31)29(5)64-11)25-48(6,7)27-65-46(62)49(67)19-15-21-58(53-49)45(34)61/h12,14,16-18,20,22,26,28-29,34,37-38,42,53H,1,13,15,19,21,23-25,27H2,2-11H3,(H,52,60)/t29-,34-,37-,38?,42-,49-/m0/s1. The second kappa shape index (κ2) is 19.7. The summed E-state index contributed by atoms with van der Waals surface area (Å²) in [7, 11) is 10.3. The topological polar surface area (TPSA) is 172 Å². The van der Waals surface area contributed by atoms with Crippen molar-refractivity contribution in [3.05, 3.63) is 70.8 Å². The van der Waals surface area contributed by atoms with Crippen molar-refractivity contribution in [1.82, 2.24) is 45.0 Å². The van der Waals surface area contributed by atoms with E-state index in [-0.39, 0.29) is 49.6 Å². The van der Waals surface area contributed by atoms with E-state index in [1.165, 1.54) is 27.3 Å². The van der Waals surface area contributed by atoms with Crippen LogP contribution in [0.1, 0.15) is 83.2 Å². The molecule has 6 bridgehead atoms. The molecule has 16 nitrogen and oxygen atoms in total. The van der Waals surface area contributed by atoms with Gasteiger partial charge in [0.05, 0.1) is 57.1 Å². The van der Waals surface area contributed by atoms with Gasteiger partial charge in [-0.15, -0.1) is 11.3 Å². The first-order valence-electron chi connectivity index (χ1n) is 23.0. The Morgan fingerprint density at radius 3 is 2.55 bits per heavy atom. The van der Waals surface area contributed by atoms with Crippen LogP contribution in [-0.4, -0.2) is 145 Å². The number of carbonyl (C=O) groups is 5. The molecule has 18 heteroatoms. The molecule has 67 heavy (non-hydrogen) atoms. The highest BCUT2D eigenvalue weighted by Gasteiger charge is 2.48. The molecule has 3 radical (unpaired) electrons. The number of methoxy groups -OCH3 is 1. The van der Waals surface area contributed by atoms with Gasteiger partial charge in [-0.3, -0.25) is 29.2 Å². The maximum atomic E-state index is 14.8. The van der Waals surface area contributed by atoms with Gasteiger partial charge in [-0.1, -0.05) is 40.3 Å². The monoisotopic (exact) mass is 950 g/mol. The first-order valence-corrected chi connectivity index (χ1v) is 24.4. The number of likely N-dealkylation sites (N-methyl/N-ethyl adjacent to an activating group) is 3. The van der Waals surface area contributed by atoms with E-state index in [0.717, 1.165) is 44.7 Å². The predicted molar refractivity (Wildman–Crippen MR) is 259 cm³/mol. The number of urea groups is 1. The smallest absolute Gasteiger partial charge is 0.323 e. The minimum absolute atomic E-state index is 0.0435. The number of hydrogen-bond acceptors (Lipinski definition) is 11. The van der Waals surface area contributed by atoms with Crippen LogP contribution in [0.25, 0.3) is 33.4 Å². The fourth-order valence-corrected chi connectivity index (χ4v) is 10.9. The number of thiazole rings is 1. The Hall–Kier alpha value is -5.43. The molecule has 1 aromatic carbocycles. The van der Waals surface area contributed by atoms with E-state index in [1.807, 2.05) is 32.2 Å². The van der Waals surface area contributed by atoms with Crippen molar-refractivity contribution in [2.45, 2.75) is 116 Å². The summed E-state index contributed by atoms with van der Waals surface area (Å²) in [4.78, 5) is 84.1. The molecule has 2 fully saturated rings. The molecule has 1 unspecified atom stereocenters. The molecule has 2 N–H and O–H groups in total. The Labute approximate surface area is 400 Å². The lowest BCUT2D eigenvalue weighted by Crippen LogP contribution is -2.67. The van der Waals surface area contributed by atoms with Gasteiger partial charge in [0.25, 0.3) is 5.91 Å². The third-order valence-electron chi connectivity index (χ3n) is 13.4. The first-order chi connectivity index (χ1) is 31.7. The fraction of sp³-hybridized carbons (Fsp3) is 0.531. The van der Waals surface area contributed by atoms with E-state index in [1.54, 1.807) is 44.2 Å². The molecule has 2 aliphatic heterocycles. The molecule has 5 amide bonds. The van der Waals surface area contributed by atoms with E-state index in [9.17, 15) is 24.0 Å². The van der Waals surface area contributed by atoms with E-state index in [2.05, 4.69) is 77.2 Å². The molecule has 1 aliphatic carbocycles. The average molecular weight is 951 g/mol. The highest BCUT2D eigenvalue weighted by molar-refractivity contribution is 7.10. The van der Waals surface area contributed by atoms with Crippen molar-refractivity contribution in [3.8, 4) is 22.5 Å². The number of hydrogen-bond donors (Lipinski definition) is 2. The minimum Gasteiger partial charge on any atom is -0.464 e. The number of carbonyl (C=O) groups excluding carboxylic acids is 5. The highest BCUT2D eigenvalue weighted by atomic mass is 32.1. The van der Waals surface area contributed by atoms with Crippen LogP contribution >= 0.6 is 11.3 Å². The number of cyclic esters (lactones) is 1. The summed E-state index contributed by atoms with van der Waals surface area (Å²) in [6.45, 7) is 16.6. The maximum absolute atomic E-state index is 14.8. The lowest BCUT2D eigenvalue weighted by atomic mass is 9.84. The Balaban J connectivity index is 1.27. The van der Waals surface area contributed by atoms with Gasteiger partial charge in [-0.05, 0) is 81.4 Å². The zero-order chi connectivity index (χ0) is 48.7. The van der Waals surface area contributed by atoms with Gasteiger partial charge in [-0.25, -0.2) is 15.2 Å². The second-order valence-corrected chi connectivity index (χ2v) is 21.1. The summed E-state index contributed by atoms with van der Waals surface area (Å²) in [5.74, 6) is -2.13. The summed E-state index contributed by atoms with van der Waals surface area (Å²) >= 11 is 1.39. The van der Waals surface area contributed by atoms with Crippen molar-refractivity contribution >= 4 is 62.2 Å². The summed E-state index contributed by atoms with van der Waals surface area (Å²) in [5.41, 5.74) is 9.11. The SMILES string of the molecule is C=CC(=O)N(C)[C@H]1CC1N(C)C(=O)N(C)[C@H](C(=O)N[C@H]1Cc2nc(cs2)-c2ccc3c(c2)c(c(-c2cccnc2[C@H](C)OC)n3CC)CC(C)(C)COC(=O)[C@@]2([Si])CCCN(N2)C1=O)C(C)C. The minimum atomic E-state index is -1.43. The largest absolute Gasteiger partial charge is 0.464 e. The predicted octanol–water partition coefficient (Wildman–Crippen LogP) is 5.49. The molecular weight excluding hydrogens is 887 g/mol. The zero-order valence-electron chi connectivity index (χ0n) is 40.3. The number of amides is 5. The number of benzene rings is 1. The molecule has 0 spiro atoms.